The molecule has 8 N–H and O–H groups in total. The van der Waals surface area contributed by atoms with E-state index in [0.717, 1.165) is 17.2 Å². The Labute approximate surface area is 193 Å². The second-order valence-corrected chi connectivity index (χ2v) is 11.9. The van der Waals surface area contributed by atoms with Crippen LogP contribution in [0.15, 0.2) is 12.7 Å². The molecule has 2 aromatic rings. The zero-order valence-corrected chi connectivity index (χ0v) is 20.1. The van der Waals surface area contributed by atoms with Crippen LogP contribution in [0.25, 0.3) is 11.2 Å². The Kier molecular flexibility index (Phi) is 7.86. The van der Waals surface area contributed by atoms with Gasteiger partial charge in [0.1, 0.15) is 30.2 Å². The van der Waals surface area contributed by atoms with Gasteiger partial charge in [0.15, 0.2) is 17.7 Å². The maximum absolute atomic E-state index is 11.9. The highest BCUT2D eigenvalue weighted by molar-refractivity contribution is 7.89. The molecule has 1 fully saturated rings. The molecule has 3 heterocycles. The Hall–Kier alpha value is -1.45. The number of ether oxygens (including phenoxy) is 1. The second kappa shape index (κ2) is 9.78. The van der Waals surface area contributed by atoms with Crippen LogP contribution in [0.5, 0.6) is 0 Å². The van der Waals surface area contributed by atoms with Crippen molar-refractivity contribution in [2.75, 3.05) is 12.3 Å². The van der Waals surface area contributed by atoms with Crippen molar-refractivity contribution < 1.29 is 73.4 Å². The minimum absolute atomic E-state index is 0.00916. The number of phosphoric acid groups is 3. The first kappa shape index (κ1) is 28.1. The summed E-state index contributed by atoms with van der Waals surface area (Å²) in [6, 6.07) is 0. The highest BCUT2D eigenvalue weighted by atomic mass is 32.3. The lowest BCUT2D eigenvalue weighted by atomic mass is 10.1. The van der Waals surface area contributed by atoms with E-state index in [1.165, 1.54) is 0 Å². The van der Waals surface area contributed by atoms with Crippen molar-refractivity contribution in [2.24, 2.45) is 0 Å². The first-order valence-corrected chi connectivity index (χ1v) is 14.5. The smallest absolute Gasteiger partial charge is 0.386 e. The maximum Gasteiger partial charge on any atom is 0.488 e. The number of phosphoric ester groups is 2. The Morgan fingerprint density at radius 2 is 1.71 bits per heavy atom. The number of anilines is 1. The van der Waals surface area contributed by atoms with Crippen LogP contribution >= 0.6 is 23.5 Å². The van der Waals surface area contributed by atoms with Crippen molar-refractivity contribution in [3.63, 3.8) is 0 Å². The van der Waals surface area contributed by atoms with E-state index in [1.54, 1.807) is 0 Å². The fourth-order valence-corrected chi connectivity index (χ4v) is 6.18. The van der Waals surface area contributed by atoms with Gasteiger partial charge in [0.05, 0.1) is 12.9 Å². The molecule has 0 radical (unpaired) electrons. The van der Waals surface area contributed by atoms with Gasteiger partial charge in [0, 0.05) is 0 Å². The van der Waals surface area contributed by atoms with Gasteiger partial charge in [0.25, 0.3) is 0 Å². The van der Waals surface area contributed by atoms with Gasteiger partial charge in [-0.05, 0) is 0 Å². The summed E-state index contributed by atoms with van der Waals surface area (Å²) < 4.78 is 78.7. The average molecular weight is 587 g/mol. The highest BCUT2D eigenvalue weighted by Gasteiger charge is 2.50. The van der Waals surface area contributed by atoms with Crippen LogP contribution < -0.4 is 5.73 Å². The predicted molar refractivity (Wildman–Crippen MR) is 105 cm³/mol. The quantitative estimate of drug-likeness (QED) is 0.143. The molecule has 21 nitrogen and oxygen atoms in total. The normalized spacial score (nSPS) is 25.7. The summed E-state index contributed by atoms with van der Waals surface area (Å²) in [5.74, 6) is -0.0544. The number of nitrogens with two attached hydrogens (primary N) is 1. The minimum atomic E-state index is -5.76. The lowest BCUT2D eigenvalue weighted by Gasteiger charge is -2.21. The van der Waals surface area contributed by atoms with E-state index in [4.69, 9.17) is 30.0 Å². The van der Waals surface area contributed by atoms with Crippen molar-refractivity contribution in [3.05, 3.63) is 12.7 Å². The minimum Gasteiger partial charge on any atom is -0.386 e. The number of hydrogen-bond donors (Lipinski definition) is 7. The van der Waals surface area contributed by atoms with E-state index in [9.17, 15) is 32.1 Å². The van der Waals surface area contributed by atoms with Gasteiger partial charge in [-0.2, -0.15) is 8.42 Å². The average Bonchev–Trinajstić information content (AvgIpc) is 3.19. The molecule has 1 unspecified atom stereocenters. The third-order valence-corrected chi connectivity index (χ3v) is 7.99. The Balaban J connectivity index is 1.83. The molecule has 1 aliphatic heterocycles. The van der Waals surface area contributed by atoms with E-state index < -0.39 is 65.0 Å². The van der Waals surface area contributed by atoms with Crippen LogP contribution in [0.1, 0.15) is 6.23 Å². The van der Waals surface area contributed by atoms with Crippen molar-refractivity contribution in [2.45, 2.75) is 24.5 Å². The van der Waals surface area contributed by atoms with E-state index in [1.807, 2.05) is 0 Å². The molecule has 1 aliphatic rings. The Morgan fingerprint density at radius 1 is 1.06 bits per heavy atom. The van der Waals surface area contributed by atoms with Crippen molar-refractivity contribution in [1.29, 1.82) is 0 Å². The lowest BCUT2D eigenvalue weighted by molar-refractivity contribution is -0.0499. The summed E-state index contributed by atoms with van der Waals surface area (Å²) in [4.78, 5) is 56.4. The summed E-state index contributed by atoms with van der Waals surface area (Å²) in [6.07, 6.45) is -5.03. The number of fused-ring (bicyclic) bond motifs is 1. The molecule has 0 aliphatic carbocycles. The molecular weight excluding hydrogens is 571 g/mol. The number of imidazole rings is 1. The first-order valence-electron chi connectivity index (χ1n) is 8.58. The molecule has 5 atom stereocenters. The zero-order chi connectivity index (χ0) is 26.4. The molecule has 3 rings (SSSR count). The fourth-order valence-electron chi connectivity index (χ4n) is 2.87. The topological polar surface area (TPSA) is 322 Å². The summed E-state index contributed by atoms with van der Waals surface area (Å²) in [5, 5.41) is 10.6. The molecule has 0 aromatic carbocycles. The number of aromatic nitrogens is 4. The van der Waals surface area contributed by atoms with Crippen LogP contribution in [0, 0.1) is 0 Å². The van der Waals surface area contributed by atoms with Crippen LogP contribution in [0.4, 0.5) is 5.82 Å². The van der Waals surface area contributed by atoms with Gasteiger partial charge in [-0.15, -0.1) is 7.94 Å². The molecule has 2 aromatic heterocycles. The molecule has 0 spiro atoms. The molecular formula is C10H16N5O16P3S. The van der Waals surface area contributed by atoms with Gasteiger partial charge < -0.3 is 40.0 Å². The summed E-state index contributed by atoms with van der Waals surface area (Å²) in [5.41, 5.74) is 5.74. The summed E-state index contributed by atoms with van der Waals surface area (Å²) in [7, 11) is -22.5. The molecule has 35 heavy (non-hydrogen) atoms. The maximum atomic E-state index is 11.9. The fraction of sp³-hybridized carbons (Fsp3) is 0.500. The Morgan fingerprint density at radius 3 is 2.31 bits per heavy atom. The third kappa shape index (κ3) is 7.29. The SMILES string of the molecule is Nc1ncnc2c1ncn2[C@@H]1O[C@H](COP(=O)(O)OS(=O)(=O)OP(=O)(O)O)[C@@H](OP(=O)(O)O)[C@H]1O. The number of nitrogens with zero attached hydrogens (tertiary/aromatic N) is 4. The van der Waals surface area contributed by atoms with Crippen molar-refractivity contribution >= 4 is 50.8 Å². The molecule has 1 saturated heterocycles. The number of rotatable bonds is 10. The van der Waals surface area contributed by atoms with Crippen LogP contribution in [0.3, 0.4) is 0 Å². The van der Waals surface area contributed by atoms with Crippen molar-refractivity contribution in [1.82, 2.24) is 19.5 Å². The van der Waals surface area contributed by atoms with Gasteiger partial charge >= 0.3 is 33.9 Å². The standard InChI is InChI=1S/C10H16N5O16P3S/c11-8-5-9(13-2-12-8)15(3-14-5)10-6(16)7(29-32(17,18)19)4(28-10)1-27-34(23,24)31-35(25,26)30-33(20,21)22/h2-4,6-7,10,16H,1H2,(H,23,24)(H2,11,12,13)(H2,17,18,19)(H2,20,21,22)/t4-,6-,7-,10-/m1/s1. The van der Waals surface area contributed by atoms with Gasteiger partial charge in [-0.3, -0.25) is 13.6 Å². The summed E-state index contributed by atoms with van der Waals surface area (Å²) >= 11 is 0. The molecule has 0 saturated carbocycles. The van der Waals surface area contributed by atoms with Gasteiger partial charge in [-0.1, -0.05) is 0 Å². The third-order valence-electron chi connectivity index (χ3n) is 4.01. The van der Waals surface area contributed by atoms with Crippen LogP contribution in [0.2, 0.25) is 0 Å². The molecule has 0 bridgehead atoms. The number of nitrogen functional groups attached to an aromatic ring is 1. The molecule has 0 amide bonds. The zero-order valence-electron chi connectivity index (χ0n) is 16.6. The summed E-state index contributed by atoms with van der Waals surface area (Å²) in [6.45, 7) is -1.21. The van der Waals surface area contributed by atoms with E-state index >= 15 is 0 Å². The first-order chi connectivity index (χ1) is 15.9. The molecule has 25 heteroatoms. The highest BCUT2D eigenvalue weighted by Crippen LogP contribution is 2.50. The van der Waals surface area contributed by atoms with Gasteiger partial charge in [-0.25, -0.2) is 28.6 Å². The van der Waals surface area contributed by atoms with Gasteiger partial charge in [0.2, 0.25) is 0 Å². The second-order valence-electron chi connectivity index (χ2n) is 6.51. The van der Waals surface area contributed by atoms with E-state index in [2.05, 4.69) is 31.9 Å². The molecule has 198 valence electrons. The number of aliphatic hydroxyl groups excluding tert-OH is 1. The predicted octanol–water partition coefficient (Wildman–Crippen LogP) is -2.37. The monoisotopic (exact) mass is 587 g/mol. The lowest BCUT2D eigenvalue weighted by Crippen LogP contribution is -2.35. The van der Waals surface area contributed by atoms with Crippen molar-refractivity contribution in [3.8, 4) is 0 Å². The van der Waals surface area contributed by atoms with Crippen LogP contribution in [-0.4, -0.2) is 82.4 Å². The number of aliphatic hydroxyl groups is 1. The van der Waals surface area contributed by atoms with E-state index in [0.29, 0.717) is 0 Å². The largest absolute Gasteiger partial charge is 0.488 e. The number of hydrogen-bond acceptors (Lipinski definition) is 15. The van der Waals surface area contributed by atoms with E-state index in [-0.39, 0.29) is 17.0 Å². The van der Waals surface area contributed by atoms with Crippen LogP contribution in [-0.2, 0) is 45.8 Å². The Bertz CT molecular complexity index is 1340.